The number of benzene rings is 1. The molecule has 232 valence electrons. The number of likely N-dealkylation sites (tertiary alicyclic amines) is 1. The smallest absolute Gasteiger partial charge is 0.168 e. The summed E-state index contributed by atoms with van der Waals surface area (Å²) < 4.78 is 18.8. The van der Waals surface area contributed by atoms with Gasteiger partial charge in [0, 0.05) is 37.3 Å². The van der Waals surface area contributed by atoms with Gasteiger partial charge in [0.15, 0.2) is 5.79 Å². The minimum atomic E-state index is -0.295. The first-order valence-electron chi connectivity index (χ1n) is 17.6. The van der Waals surface area contributed by atoms with Crippen molar-refractivity contribution in [2.24, 2.45) is 40.4 Å². The molecule has 0 bridgehead atoms. The van der Waals surface area contributed by atoms with Crippen molar-refractivity contribution in [3.8, 4) is 5.75 Å². The number of rotatable bonds is 7. The van der Waals surface area contributed by atoms with Crippen LogP contribution in [-0.2, 0) is 14.3 Å². The number of hydrogen-bond donors (Lipinski definition) is 0. The third-order valence-electron chi connectivity index (χ3n) is 13.2. The monoisotopic (exact) mass is 577 g/mol. The van der Waals surface area contributed by atoms with Crippen LogP contribution < -0.4 is 4.74 Å². The first-order valence-corrected chi connectivity index (χ1v) is 17.6. The van der Waals surface area contributed by atoms with E-state index in [0.717, 1.165) is 70.0 Å². The van der Waals surface area contributed by atoms with E-state index in [0.29, 0.717) is 47.5 Å². The summed E-state index contributed by atoms with van der Waals surface area (Å²) in [5.41, 5.74) is 1.60. The van der Waals surface area contributed by atoms with Gasteiger partial charge >= 0.3 is 0 Å². The van der Waals surface area contributed by atoms with Crippen LogP contribution in [0.5, 0.6) is 5.75 Å². The fourth-order valence-electron chi connectivity index (χ4n) is 11.2. The van der Waals surface area contributed by atoms with Gasteiger partial charge in [-0.15, -0.1) is 0 Å². The SMILES string of the molecule is CC(C)CN1CCCCC1c1cccc(OCC[C@]23CCC4C(CCC5CC6(CC[C@@]54C)OCCO6)C2CCC3=O)c1. The van der Waals surface area contributed by atoms with Crippen LogP contribution in [0, 0.1) is 40.4 Å². The summed E-state index contributed by atoms with van der Waals surface area (Å²) in [7, 11) is 0. The largest absolute Gasteiger partial charge is 0.494 e. The summed E-state index contributed by atoms with van der Waals surface area (Å²) >= 11 is 0. The fraction of sp³-hybridized carbons (Fsp3) is 0.811. The Morgan fingerprint density at radius 2 is 1.86 bits per heavy atom. The van der Waals surface area contributed by atoms with Gasteiger partial charge in [0.25, 0.3) is 0 Å². The molecule has 7 atom stereocenters. The Bertz CT molecular complexity index is 1130. The molecule has 0 radical (unpaired) electrons. The van der Waals surface area contributed by atoms with Crippen molar-refractivity contribution in [1.82, 2.24) is 4.90 Å². The summed E-state index contributed by atoms with van der Waals surface area (Å²) in [5, 5.41) is 0. The standard InChI is InChI=1S/C37H55NO4/c1-26(2)25-38-19-5-4-9-33(38)27-7-6-8-29(23-27)40-20-18-36-15-14-31-30(32(36)12-13-34(36)39)11-10-28-24-37(41-21-22-42-37)17-16-35(28,31)3/h6-8,23,26,28,30-33H,4-5,9-22,24-25H2,1-3H3/t28?,30?,31?,32?,33?,35-,36+/m0/s1. The van der Waals surface area contributed by atoms with Crippen molar-refractivity contribution in [1.29, 1.82) is 0 Å². The summed E-state index contributed by atoms with van der Waals surface area (Å²) in [5.74, 6) is 4.56. The highest BCUT2D eigenvalue weighted by molar-refractivity contribution is 5.87. The summed E-state index contributed by atoms with van der Waals surface area (Å²) in [4.78, 5) is 16.4. The fourth-order valence-corrected chi connectivity index (χ4v) is 11.2. The zero-order valence-electron chi connectivity index (χ0n) is 26.6. The zero-order valence-corrected chi connectivity index (χ0v) is 26.6. The molecular weight excluding hydrogens is 522 g/mol. The van der Waals surface area contributed by atoms with Crippen LogP contribution in [-0.4, -0.2) is 49.4 Å². The molecule has 0 N–H and O–H groups in total. The van der Waals surface area contributed by atoms with E-state index < -0.39 is 0 Å². The van der Waals surface area contributed by atoms with Crippen LogP contribution in [0.25, 0.3) is 0 Å². The second-order valence-electron chi connectivity index (χ2n) is 15.7. The van der Waals surface area contributed by atoms with Gasteiger partial charge in [-0.3, -0.25) is 9.69 Å². The predicted octanol–water partition coefficient (Wildman–Crippen LogP) is 7.97. The van der Waals surface area contributed by atoms with Gasteiger partial charge in [0.2, 0.25) is 0 Å². The van der Waals surface area contributed by atoms with Crippen molar-refractivity contribution in [3.63, 3.8) is 0 Å². The highest BCUT2D eigenvalue weighted by Gasteiger charge is 2.63. The second kappa shape index (κ2) is 11.5. The van der Waals surface area contributed by atoms with Crippen LogP contribution >= 0.6 is 0 Å². The third-order valence-corrected chi connectivity index (χ3v) is 13.2. The van der Waals surface area contributed by atoms with E-state index in [-0.39, 0.29) is 11.2 Å². The molecule has 2 aliphatic heterocycles. The van der Waals surface area contributed by atoms with E-state index in [1.165, 1.54) is 57.1 Å². The maximum absolute atomic E-state index is 13.7. The van der Waals surface area contributed by atoms with Gasteiger partial charge in [0.05, 0.1) is 19.8 Å². The first-order chi connectivity index (χ1) is 20.3. The van der Waals surface area contributed by atoms with E-state index in [1.807, 2.05) is 0 Å². The molecule has 0 aromatic heterocycles. The Morgan fingerprint density at radius 1 is 1.00 bits per heavy atom. The maximum atomic E-state index is 13.7. The Labute approximate surface area is 254 Å². The molecule has 1 aromatic rings. The first kappa shape index (κ1) is 29.3. The number of ether oxygens (including phenoxy) is 3. The summed E-state index contributed by atoms with van der Waals surface area (Å²) in [6.45, 7) is 11.8. The number of hydrogen-bond acceptors (Lipinski definition) is 5. The van der Waals surface area contributed by atoms with Crippen LogP contribution in [0.4, 0.5) is 0 Å². The Hall–Kier alpha value is -1.43. The van der Waals surface area contributed by atoms with Gasteiger partial charge < -0.3 is 14.2 Å². The molecule has 0 amide bonds. The molecule has 1 aromatic carbocycles. The lowest BCUT2D eigenvalue weighted by Crippen LogP contribution is -2.56. The van der Waals surface area contributed by atoms with Gasteiger partial charge in [0.1, 0.15) is 11.5 Å². The van der Waals surface area contributed by atoms with Crippen LogP contribution in [0.1, 0.15) is 116 Å². The number of piperidine rings is 1. The topological polar surface area (TPSA) is 48.0 Å². The van der Waals surface area contributed by atoms with Gasteiger partial charge in [-0.05, 0) is 117 Å². The quantitative estimate of drug-likeness (QED) is 0.329. The highest BCUT2D eigenvalue weighted by Crippen LogP contribution is 2.67. The molecule has 5 heteroatoms. The number of nitrogens with zero attached hydrogens (tertiary/aromatic N) is 1. The predicted molar refractivity (Wildman–Crippen MR) is 165 cm³/mol. The lowest BCUT2D eigenvalue weighted by atomic mass is 9.44. The Balaban J connectivity index is 1.02. The van der Waals surface area contributed by atoms with Gasteiger partial charge in [-0.1, -0.05) is 39.3 Å². The van der Waals surface area contributed by atoms with Crippen LogP contribution in [0.15, 0.2) is 24.3 Å². The lowest BCUT2D eigenvalue weighted by Gasteiger charge is -2.61. The van der Waals surface area contributed by atoms with Crippen LogP contribution in [0.2, 0.25) is 0 Å². The van der Waals surface area contributed by atoms with Crippen molar-refractivity contribution >= 4 is 5.78 Å². The maximum Gasteiger partial charge on any atom is 0.168 e. The second-order valence-corrected chi connectivity index (χ2v) is 15.7. The van der Waals surface area contributed by atoms with E-state index in [2.05, 4.69) is 49.9 Å². The van der Waals surface area contributed by atoms with Crippen molar-refractivity contribution < 1.29 is 19.0 Å². The van der Waals surface area contributed by atoms with Crippen molar-refractivity contribution in [2.75, 3.05) is 32.9 Å². The number of carbonyl (C=O) groups is 1. The molecule has 42 heavy (non-hydrogen) atoms. The molecule has 2 heterocycles. The lowest BCUT2D eigenvalue weighted by molar-refractivity contribution is -0.229. The number of Topliss-reactive ketones (excluding diaryl/α,β-unsaturated/α-hetero) is 1. The van der Waals surface area contributed by atoms with E-state index in [9.17, 15) is 4.79 Å². The summed E-state index contributed by atoms with van der Waals surface area (Å²) in [6.07, 6.45) is 14.8. The van der Waals surface area contributed by atoms with E-state index in [1.54, 1.807) is 0 Å². The van der Waals surface area contributed by atoms with Crippen molar-refractivity contribution in [2.45, 2.75) is 116 Å². The number of fused-ring (bicyclic) bond motifs is 5. The molecule has 5 unspecified atom stereocenters. The molecule has 6 aliphatic rings. The average molecular weight is 578 g/mol. The zero-order chi connectivity index (χ0) is 29.0. The minimum absolute atomic E-state index is 0.160. The molecule has 2 saturated heterocycles. The molecule has 1 spiro atoms. The molecule has 6 fully saturated rings. The normalized spacial score (nSPS) is 39.7. The Morgan fingerprint density at radius 3 is 2.69 bits per heavy atom. The molecule has 4 aliphatic carbocycles. The van der Waals surface area contributed by atoms with E-state index in [4.69, 9.17) is 14.2 Å². The van der Waals surface area contributed by atoms with Gasteiger partial charge in [-0.25, -0.2) is 0 Å². The number of ketones is 1. The summed E-state index contributed by atoms with van der Waals surface area (Å²) in [6, 6.07) is 9.38. The molecule has 4 saturated carbocycles. The van der Waals surface area contributed by atoms with Crippen LogP contribution in [0.3, 0.4) is 0 Å². The third kappa shape index (κ3) is 5.08. The van der Waals surface area contributed by atoms with E-state index >= 15 is 0 Å². The average Bonchev–Trinajstić information content (AvgIpc) is 3.58. The molecule has 5 nitrogen and oxygen atoms in total. The molecule has 7 rings (SSSR count). The minimum Gasteiger partial charge on any atom is -0.494 e. The molecular formula is C37H55NO4. The number of carbonyl (C=O) groups excluding carboxylic acids is 1. The highest BCUT2D eigenvalue weighted by atomic mass is 16.7. The van der Waals surface area contributed by atoms with Gasteiger partial charge in [-0.2, -0.15) is 0 Å². The Kier molecular flexibility index (Phi) is 8.01. The van der Waals surface area contributed by atoms with Crippen molar-refractivity contribution in [3.05, 3.63) is 29.8 Å².